The van der Waals surface area contributed by atoms with Crippen molar-refractivity contribution in [3.05, 3.63) is 71.8 Å². The van der Waals surface area contributed by atoms with Crippen LogP contribution in [0.15, 0.2) is 60.7 Å². The minimum atomic E-state index is -1.13. The van der Waals surface area contributed by atoms with Crippen molar-refractivity contribution in [1.29, 1.82) is 0 Å². The van der Waals surface area contributed by atoms with Crippen molar-refractivity contribution in [2.45, 2.75) is 56.8 Å². The molecule has 0 spiro atoms. The van der Waals surface area contributed by atoms with Crippen molar-refractivity contribution in [1.82, 2.24) is 0 Å². The third-order valence-electron chi connectivity index (χ3n) is 4.79. The minimum Gasteiger partial charge on any atom is -0.374 e. The van der Waals surface area contributed by atoms with E-state index in [0.29, 0.717) is 25.2 Å². The molecule has 2 aromatic carbocycles. The summed E-state index contributed by atoms with van der Waals surface area (Å²) in [6.07, 6.45) is 1.66. The number of rotatable bonds is 7. The molecule has 0 N–H and O–H groups in total. The quantitative estimate of drug-likeness (QED) is 0.613. The van der Waals surface area contributed by atoms with Crippen LogP contribution in [0.1, 0.15) is 23.5 Å². The van der Waals surface area contributed by atoms with E-state index in [2.05, 4.69) is 74.2 Å². The van der Waals surface area contributed by atoms with Gasteiger partial charge in [0.25, 0.3) is 0 Å². The fraction of sp³-hybridized carbons (Fsp3) is 0.455. The van der Waals surface area contributed by atoms with Gasteiger partial charge in [-0.15, -0.1) is 0 Å². The van der Waals surface area contributed by atoms with Gasteiger partial charge < -0.3 is 9.47 Å². The van der Waals surface area contributed by atoms with E-state index >= 15 is 0 Å². The van der Waals surface area contributed by atoms with Gasteiger partial charge >= 0.3 is 0 Å². The van der Waals surface area contributed by atoms with Crippen molar-refractivity contribution in [3.63, 3.8) is 0 Å². The molecule has 0 unspecified atom stereocenters. The highest BCUT2D eigenvalue weighted by Gasteiger charge is 2.38. The normalized spacial score (nSPS) is 23.7. The van der Waals surface area contributed by atoms with E-state index in [1.165, 1.54) is 17.2 Å². The first kappa shape index (κ1) is 18.4. The Morgan fingerprint density at radius 1 is 0.960 bits per heavy atom. The molecule has 0 saturated carbocycles. The average molecular weight is 355 g/mol. The molecule has 2 aromatic rings. The van der Waals surface area contributed by atoms with Gasteiger partial charge in [-0.3, -0.25) is 0 Å². The fourth-order valence-electron chi connectivity index (χ4n) is 3.72. The zero-order chi connectivity index (χ0) is 17.7. The van der Waals surface area contributed by atoms with Crippen molar-refractivity contribution in [2.24, 2.45) is 0 Å². The summed E-state index contributed by atoms with van der Waals surface area (Å²) in [6.45, 7) is 8.59. The van der Waals surface area contributed by atoms with Gasteiger partial charge in [0.2, 0.25) is 0 Å². The molecule has 0 radical (unpaired) electrons. The Morgan fingerprint density at radius 3 is 2.24 bits per heavy atom. The minimum absolute atomic E-state index is 0.160. The van der Waals surface area contributed by atoms with Crippen molar-refractivity contribution in [3.8, 4) is 0 Å². The Balaban J connectivity index is 1.63. The Bertz CT molecular complexity index is 636. The molecule has 25 heavy (non-hydrogen) atoms. The first-order chi connectivity index (χ1) is 12.0. The lowest BCUT2D eigenvalue weighted by Gasteiger charge is -2.21. The highest BCUT2D eigenvalue weighted by molar-refractivity contribution is 6.76. The molecule has 0 amide bonds. The fourth-order valence-corrected chi connectivity index (χ4v) is 5.35. The maximum absolute atomic E-state index is 6.45. The molecular weight excluding hydrogens is 324 g/mol. The standard InChI is InChI=1S/C22H30O2Si/c1-25(2,3)17-20-14-21(19-12-8-5-9-13-19)22(24-20)16-23-15-18-10-6-4-7-11-18/h4-13,20-22H,14-17H2,1-3H3/t20-,21-,22-/m1/s1. The van der Waals surface area contributed by atoms with Crippen LogP contribution in [0.4, 0.5) is 0 Å². The second-order valence-electron chi connectivity index (χ2n) is 8.31. The van der Waals surface area contributed by atoms with Gasteiger partial charge in [0.1, 0.15) is 0 Å². The smallest absolute Gasteiger partial charge is 0.0881 e. The predicted molar refractivity (Wildman–Crippen MR) is 107 cm³/mol. The van der Waals surface area contributed by atoms with Gasteiger partial charge in [0.15, 0.2) is 0 Å². The molecule has 0 aliphatic carbocycles. The van der Waals surface area contributed by atoms with Crippen LogP contribution in [0.25, 0.3) is 0 Å². The second kappa shape index (κ2) is 8.30. The molecule has 1 aliphatic rings. The maximum Gasteiger partial charge on any atom is 0.0881 e. The lowest BCUT2D eigenvalue weighted by molar-refractivity contribution is -0.0189. The van der Waals surface area contributed by atoms with Crippen LogP contribution in [-0.4, -0.2) is 26.9 Å². The van der Waals surface area contributed by atoms with Crippen molar-refractivity contribution < 1.29 is 9.47 Å². The number of ether oxygens (including phenoxy) is 2. The summed E-state index contributed by atoms with van der Waals surface area (Å²) in [5.41, 5.74) is 2.60. The summed E-state index contributed by atoms with van der Waals surface area (Å²) in [7, 11) is -1.13. The highest BCUT2D eigenvalue weighted by atomic mass is 28.3. The van der Waals surface area contributed by atoms with Crippen LogP contribution in [0.2, 0.25) is 25.7 Å². The first-order valence-corrected chi connectivity index (χ1v) is 13.0. The topological polar surface area (TPSA) is 18.5 Å². The first-order valence-electron chi connectivity index (χ1n) is 9.33. The molecule has 0 bridgehead atoms. The van der Waals surface area contributed by atoms with E-state index < -0.39 is 8.07 Å². The number of benzene rings is 2. The van der Waals surface area contributed by atoms with Crippen molar-refractivity contribution in [2.75, 3.05) is 6.61 Å². The third kappa shape index (κ3) is 5.53. The van der Waals surface area contributed by atoms with Crippen LogP contribution in [0.3, 0.4) is 0 Å². The summed E-state index contributed by atoms with van der Waals surface area (Å²) in [4.78, 5) is 0. The summed E-state index contributed by atoms with van der Waals surface area (Å²) >= 11 is 0. The second-order valence-corrected chi connectivity index (χ2v) is 13.8. The summed E-state index contributed by atoms with van der Waals surface area (Å²) in [6, 6.07) is 22.4. The Labute approximate surface area is 153 Å². The van der Waals surface area contributed by atoms with Crippen LogP contribution < -0.4 is 0 Å². The van der Waals surface area contributed by atoms with Gasteiger partial charge in [0, 0.05) is 14.0 Å². The van der Waals surface area contributed by atoms with Gasteiger partial charge in [-0.25, -0.2) is 0 Å². The molecule has 134 valence electrons. The summed E-state index contributed by atoms with van der Waals surface area (Å²) in [5, 5.41) is 0. The SMILES string of the molecule is C[Si](C)(C)C[C@H]1C[C@H](c2ccccc2)[C@@H](COCc2ccccc2)O1. The number of hydrogen-bond acceptors (Lipinski definition) is 2. The van der Waals surface area contributed by atoms with Crippen LogP contribution in [0, 0.1) is 0 Å². The van der Waals surface area contributed by atoms with E-state index in [1.54, 1.807) is 0 Å². The lowest BCUT2D eigenvalue weighted by Crippen LogP contribution is -2.27. The summed E-state index contributed by atoms with van der Waals surface area (Å²) < 4.78 is 12.5. The molecular formula is C22H30O2Si. The summed E-state index contributed by atoms with van der Waals surface area (Å²) in [5.74, 6) is 0.443. The largest absolute Gasteiger partial charge is 0.374 e. The van der Waals surface area contributed by atoms with E-state index in [4.69, 9.17) is 9.47 Å². The zero-order valence-electron chi connectivity index (χ0n) is 15.7. The molecule has 0 aromatic heterocycles. The van der Waals surface area contributed by atoms with E-state index in [9.17, 15) is 0 Å². The number of hydrogen-bond donors (Lipinski definition) is 0. The monoisotopic (exact) mass is 354 g/mol. The molecule has 3 atom stereocenters. The Morgan fingerprint density at radius 2 is 1.60 bits per heavy atom. The average Bonchev–Trinajstić information content (AvgIpc) is 2.97. The highest BCUT2D eigenvalue weighted by Crippen LogP contribution is 2.38. The molecule has 1 heterocycles. The van der Waals surface area contributed by atoms with Gasteiger partial charge in [-0.1, -0.05) is 80.3 Å². The molecule has 3 heteroatoms. The van der Waals surface area contributed by atoms with Crippen LogP contribution >= 0.6 is 0 Å². The van der Waals surface area contributed by atoms with E-state index in [-0.39, 0.29) is 6.10 Å². The zero-order valence-corrected chi connectivity index (χ0v) is 16.7. The van der Waals surface area contributed by atoms with E-state index in [1.807, 2.05) is 6.07 Å². The van der Waals surface area contributed by atoms with Crippen LogP contribution in [0.5, 0.6) is 0 Å². The van der Waals surface area contributed by atoms with Crippen LogP contribution in [-0.2, 0) is 16.1 Å². The Hall–Kier alpha value is -1.42. The van der Waals surface area contributed by atoms with E-state index in [0.717, 1.165) is 6.42 Å². The predicted octanol–water partition coefficient (Wildman–Crippen LogP) is 5.48. The molecule has 3 rings (SSSR count). The maximum atomic E-state index is 6.45. The molecule has 2 nitrogen and oxygen atoms in total. The molecule has 1 fully saturated rings. The van der Waals surface area contributed by atoms with Gasteiger partial charge in [0.05, 0.1) is 25.4 Å². The van der Waals surface area contributed by atoms with Gasteiger partial charge in [-0.2, -0.15) is 0 Å². The molecule has 1 saturated heterocycles. The van der Waals surface area contributed by atoms with Crippen molar-refractivity contribution >= 4 is 8.07 Å². The lowest BCUT2D eigenvalue weighted by atomic mass is 9.91. The molecule has 1 aliphatic heterocycles. The Kier molecular flexibility index (Phi) is 6.10. The third-order valence-corrected chi connectivity index (χ3v) is 6.47. The van der Waals surface area contributed by atoms with Gasteiger partial charge in [-0.05, 0) is 23.6 Å².